The van der Waals surface area contributed by atoms with Gasteiger partial charge in [-0.05, 0) is 0 Å². The van der Waals surface area contributed by atoms with Gasteiger partial charge < -0.3 is 42.6 Å². The van der Waals surface area contributed by atoms with Gasteiger partial charge in [-0.25, -0.2) is 0 Å². The van der Waals surface area contributed by atoms with Gasteiger partial charge >= 0.3 is 39.0 Å². The van der Waals surface area contributed by atoms with Gasteiger partial charge in [-0.2, -0.15) is 0 Å². The van der Waals surface area contributed by atoms with Gasteiger partial charge in [-0.1, -0.05) is 0 Å². The van der Waals surface area contributed by atoms with Crippen LogP contribution >= 0.6 is 0 Å². The van der Waals surface area contributed by atoms with Crippen LogP contribution in [0.25, 0.3) is 0 Å². The van der Waals surface area contributed by atoms with Crippen molar-refractivity contribution < 1.29 is 69.6 Å². The summed E-state index contributed by atoms with van der Waals surface area (Å²) in [5.41, 5.74) is 0. The molecule has 0 aliphatic rings. The molecule has 0 saturated carbocycles. The van der Waals surface area contributed by atoms with E-state index < -0.39 is 11.9 Å². The monoisotopic (exact) mass is 326 g/mol. The molecule has 0 radical (unpaired) electrons. The normalized spacial score (nSPS) is 11.4. The Morgan fingerprint density at radius 3 is 0.600 bits per heavy atom. The molecule has 0 bridgehead atoms. The van der Waals surface area contributed by atoms with Crippen molar-refractivity contribution in [1.82, 2.24) is 0 Å². The molecule has 0 rings (SSSR count). The number of rotatable bonds is 1. The maximum absolute atomic E-state index is 9.08. The van der Waals surface area contributed by atoms with Crippen LogP contribution in [0.15, 0.2) is 0 Å². The summed E-state index contributed by atoms with van der Waals surface area (Å²) in [5.74, 6) is -9.96. The molecule has 0 N–H and O–H groups in total. The van der Waals surface area contributed by atoms with Crippen molar-refractivity contribution in [3.63, 3.8) is 0 Å². The molecular weight excluding hydrogens is 326 g/mol. The minimum atomic E-state index is -4.98. The van der Waals surface area contributed by atoms with Gasteiger partial charge in [0.05, 0.1) is 0 Å². The zero-order valence-corrected chi connectivity index (χ0v) is 7.39. The van der Waals surface area contributed by atoms with Crippen LogP contribution in [-0.4, -0.2) is 11.9 Å². The standard InChI is InChI=1S/C2O6.2Rh/c3-1(4,5)2(6,7)8;;/q-6;2*+3. The fraction of sp³-hybridized carbons (Fsp3) is 1.00. The summed E-state index contributed by atoms with van der Waals surface area (Å²) >= 11 is 0. The minimum absolute atomic E-state index is 0. The molecule has 0 unspecified atom stereocenters. The molecule has 62 valence electrons. The van der Waals surface area contributed by atoms with Crippen LogP contribution in [0.4, 0.5) is 0 Å². The third kappa shape index (κ3) is 5.77. The van der Waals surface area contributed by atoms with Crippen LogP contribution in [0.5, 0.6) is 0 Å². The summed E-state index contributed by atoms with van der Waals surface area (Å²) in [6, 6.07) is 0. The van der Waals surface area contributed by atoms with E-state index in [-0.39, 0.29) is 39.0 Å². The first kappa shape index (κ1) is 17.2. The Labute approximate surface area is 81.6 Å². The van der Waals surface area contributed by atoms with Gasteiger partial charge in [-0.15, -0.1) is 0 Å². The van der Waals surface area contributed by atoms with E-state index >= 15 is 0 Å². The van der Waals surface area contributed by atoms with Crippen LogP contribution in [0, 0.1) is 0 Å². The Bertz CT molecular complexity index is 68.7. The maximum atomic E-state index is 9.08. The molecule has 0 saturated heterocycles. The van der Waals surface area contributed by atoms with E-state index in [1.807, 2.05) is 0 Å². The van der Waals surface area contributed by atoms with Crippen molar-refractivity contribution in [2.75, 3.05) is 0 Å². The van der Waals surface area contributed by atoms with Crippen molar-refractivity contribution in [2.45, 2.75) is 11.9 Å². The van der Waals surface area contributed by atoms with E-state index in [0.29, 0.717) is 0 Å². The summed E-state index contributed by atoms with van der Waals surface area (Å²) in [6.07, 6.45) is 0. The fourth-order valence-corrected chi connectivity index (χ4v) is 0. The van der Waals surface area contributed by atoms with Crippen molar-refractivity contribution in [2.24, 2.45) is 0 Å². The van der Waals surface area contributed by atoms with Crippen LogP contribution < -0.4 is 30.6 Å². The molecule has 0 spiro atoms. The maximum Gasteiger partial charge on any atom is 3.00 e. The van der Waals surface area contributed by atoms with Crippen molar-refractivity contribution >= 4 is 0 Å². The summed E-state index contributed by atoms with van der Waals surface area (Å²) in [6.45, 7) is 0. The summed E-state index contributed by atoms with van der Waals surface area (Å²) < 4.78 is 0. The first-order valence-corrected chi connectivity index (χ1v) is 1.47. The third-order valence-corrected chi connectivity index (χ3v) is 0.375. The van der Waals surface area contributed by atoms with E-state index in [9.17, 15) is 0 Å². The second-order valence-corrected chi connectivity index (χ2v) is 1.11. The van der Waals surface area contributed by atoms with Gasteiger partial charge in [0.2, 0.25) is 0 Å². The number of hydrogen-bond acceptors (Lipinski definition) is 6. The molecular formula is C2O6Rh2. The second kappa shape index (κ2) is 4.80. The Kier molecular flexibility index (Phi) is 8.25. The molecule has 0 amide bonds. The predicted molar refractivity (Wildman–Crippen MR) is 5.46 cm³/mol. The Balaban J connectivity index is -0.000000245. The largest absolute Gasteiger partial charge is 3.00 e. The van der Waals surface area contributed by atoms with Gasteiger partial charge in [0, 0.05) is 0 Å². The Hall–Kier alpha value is 1.01. The molecule has 6 nitrogen and oxygen atoms in total. The van der Waals surface area contributed by atoms with E-state index in [2.05, 4.69) is 0 Å². The average molecular weight is 326 g/mol. The molecule has 0 aromatic carbocycles. The molecule has 0 aliphatic carbocycles. The summed E-state index contributed by atoms with van der Waals surface area (Å²) in [7, 11) is 0. The van der Waals surface area contributed by atoms with Crippen LogP contribution in [0.2, 0.25) is 0 Å². The zero-order chi connectivity index (χ0) is 7.00. The second-order valence-electron chi connectivity index (χ2n) is 1.11. The first-order chi connectivity index (χ1) is 3.25. The summed E-state index contributed by atoms with van der Waals surface area (Å²) in [5, 5.41) is 54.5. The van der Waals surface area contributed by atoms with Crippen LogP contribution in [0.1, 0.15) is 0 Å². The van der Waals surface area contributed by atoms with Crippen LogP contribution in [0.3, 0.4) is 0 Å². The van der Waals surface area contributed by atoms with E-state index in [4.69, 9.17) is 30.6 Å². The van der Waals surface area contributed by atoms with Crippen LogP contribution in [-0.2, 0) is 39.0 Å². The molecule has 0 atom stereocenters. The Morgan fingerprint density at radius 2 is 0.600 bits per heavy atom. The fourth-order valence-electron chi connectivity index (χ4n) is 0. The van der Waals surface area contributed by atoms with Gasteiger partial charge in [0.15, 0.2) is 0 Å². The summed E-state index contributed by atoms with van der Waals surface area (Å²) in [4.78, 5) is 0. The quantitative estimate of drug-likeness (QED) is 0.346. The molecule has 0 aliphatic heterocycles. The zero-order valence-electron chi connectivity index (χ0n) is 4.12. The van der Waals surface area contributed by atoms with Crippen molar-refractivity contribution in [3.8, 4) is 0 Å². The molecule has 0 aromatic rings. The molecule has 0 fully saturated rings. The smallest absolute Gasteiger partial charge is 0.879 e. The molecule has 10 heavy (non-hydrogen) atoms. The van der Waals surface area contributed by atoms with Crippen molar-refractivity contribution in [1.29, 1.82) is 0 Å². The Morgan fingerprint density at radius 1 is 0.500 bits per heavy atom. The van der Waals surface area contributed by atoms with Crippen molar-refractivity contribution in [3.05, 3.63) is 0 Å². The van der Waals surface area contributed by atoms with Gasteiger partial charge in [0.25, 0.3) is 0 Å². The molecule has 0 aromatic heterocycles. The van der Waals surface area contributed by atoms with E-state index in [0.717, 1.165) is 0 Å². The van der Waals surface area contributed by atoms with Gasteiger partial charge in [0.1, 0.15) is 0 Å². The molecule has 8 heteroatoms. The number of hydrogen-bond donors (Lipinski definition) is 0. The average Bonchev–Trinajstić information content (AvgIpc) is 1.25. The SMILES string of the molecule is [O-]C([O-])([O-])C([O-])([O-])[O-].[Rh+3].[Rh+3]. The predicted octanol–water partition coefficient (Wildman–Crippen LogP) is -7.55. The third-order valence-electron chi connectivity index (χ3n) is 0.375. The minimum Gasteiger partial charge on any atom is -0.879 e. The topological polar surface area (TPSA) is 138 Å². The molecule has 0 heterocycles. The van der Waals surface area contributed by atoms with Gasteiger partial charge in [-0.3, -0.25) is 0 Å². The first-order valence-electron chi connectivity index (χ1n) is 1.47. The van der Waals surface area contributed by atoms with E-state index in [1.165, 1.54) is 0 Å². The van der Waals surface area contributed by atoms with E-state index in [1.54, 1.807) is 0 Å².